The van der Waals surface area contributed by atoms with Crippen LogP contribution < -0.4 is 10.6 Å². The van der Waals surface area contributed by atoms with Crippen LogP contribution in [0.1, 0.15) is 24.6 Å². The largest absolute Gasteiger partial charge is 0.357 e. The highest BCUT2D eigenvalue weighted by molar-refractivity contribution is 9.11. The fourth-order valence-corrected chi connectivity index (χ4v) is 3.14. The number of nitrogens with zero attached hydrogens (tertiary/aromatic N) is 1. The standard InChI is InChI=1S/C13H20BrN3S/c1-2-15-13(17-9-10-3-4-10)16-8-7-11-5-6-12(14)18-11/h5-6,10H,2-4,7-9H2,1H3,(H2,15,16,17). The number of nitrogens with one attached hydrogen (secondary N) is 2. The molecule has 3 nitrogen and oxygen atoms in total. The van der Waals surface area contributed by atoms with Crippen LogP contribution in [0.2, 0.25) is 0 Å². The zero-order valence-corrected chi connectivity index (χ0v) is 13.1. The Labute approximate surface area is 121 Å². The van der Waals surface area contributed by atoms with E-state index in [2.05, 4.69) is 50.6 Å². The highest BCUT2D eigenvalue weighted by atomic mass is 79.9. The van der Waals surface area contributed by atoms with Crippen molar-refractivity contribution in [3.05, 3.63) is 20.8 Å². The van der Waals surface area contributed by atoms with Crippen molar-refractivity contribution in [2.24, 2.45) is 10.9 Å². The van der Waals surface area contributed by atoms with Gasteiger partial charge in [-0.2, -0.15) is 0 Å². The highest BCUT2D eigenvalue weighted by Gasteiger charge is 2.20. The predicted molar refractivity (Wildman–Crippen MR) is 82.4 cm³/mol. The Morgan fingerprint density at radius 1 is 1.44 bits per heavy atom. The second-order valence-electron chi connectivity index (χ2n) is 4.55. The molecule has 0 bridgehead atoms. The Hall–Kier alpha value is -0.550. The molecule has 0 atom stereocenters. The molecule has 0 saturated heterocycles. The van der Waals surface area contributed by atoms with Gasteiger partial charge in [-0.3, -0.25) is 4.99 Å². The van der Waals surface area contributed by atoms with E-state index >= 15 is 0 Å². The molecular formula is C13H20BrN3S. The van der Waals surface area contributed by atoms with Crippen LogP contribution in [0.25, 0.3) is 0 Å². The van der Waals surface area contributed by atoms with E-state index in [0.717, 1.165) is 37.9 Å². The zero-order chi connectivity index (χ0) is 12.8. The normalized spacial score (nSPS) is 15.8. The van der Waals surface area contributed by atoms with Crippen molar-refractivity contribution in [1.29, 1.82) is 0 Å². The lowest BCUT2D eigenvalue weighted by Gasteiger charge is -2.10. The average molecular weight is 330 g/mol. The zero-order valence-electron chi connectivity index (χ0n) is 10.7. The van der Waals surface area contributed by atoms with Crippen molar-refractivity contribution in [2.75, 3.05) is 19.6 Å². The van der Waals surface area contributed by atoms with E-state index in [1.54, 1.807) is 11.3 Å². The molecule has 0 radical (unpaired) electrons. The minimum Gasteiger partial charge on any atom is -0.357 e. The van der Waals surface area contributed by atoms with E-state index in [0.29, 0.717) is 0 Å². The maximum Gasteiger partial charge on any atom is 0.191 e. The molecule has 18 heavy (non-hydrogen) atoms. The predicted octanol–water partition coefficient (Wildman–Crippen LogP) is 3.02. The maximum absolute atomic E-state index is 4.60. The number of rotatable bonds is 6. The third kappa shape index (κ3) is 4.98. The van der Waals surface area contributed by atoms with Crippen molar-refractivity contribution in [3.8, 4) is 0 Å². The summed E-state index contributed by atoms with van der Waals surface area (Å²) in [7, 11) is 0. The second kappa shape index (κ2) is 7.14. The molecule has 1 aliphatic carbocycles. The number of hydrogen-bond donors (Lipinski definition) is 2. The van der Waals surface area contributed by atoms with Crippen LogP contribution >= 0.6 is 27.3 Å². The van der Waals surface area contributed by atoms with E-state index in [-0.39, 0.29) is 0 Å². The van der Waals surface area contributed by atoms with Crippen LogP contribution in [-0.4, -0.2) is 25.6 Å². The maximum atomic E-state index is 4.60. The van der Waals surface area contributed by atoms with E-state index in [1.165, 1.54) is 21.5 Å². The van der Waals surface area contributed by atoms with Crippen molar-refractivity contribution < 1.29 is 0 Å². The SMILES string of the molecule is CCNC(=NCC1CC1)NCCc1ccc(Br)s1. The van der Waals surface area contributed by atoms with Crippen LogP contribution in [0.5, 0.6) is 0 Å². The van der Waals surface area contributed by atoms with Gasteiger partial charge in [-0.25, -0.2) is 0 Å². The van der Waals surface area contributed by atoms with Gasteiger partial charge in [0.1, 0.15) is 0 Å². The molecule has 0 aliphatic heterocycles. The van der Waals surface area contributed by atoms with E-state index in [1.807, 2.05) is 0 Å². The minimum absolute atomic E-state index is 0.841. The summed E-state index contributed by atoms with van der Waals surface area (Å²) in [5.41, 5.74) is 0. The summed E-state index contributed by atoms with van der Waals surface area (Å²) in [5, 5.41) is 6.68. The monoisotopic (exact) mass is 329 g/mol. The number of aliphatic imine (C=N–C) groups is 1. The third-order valence-electron chi connectivity index (χ3n) is 2.84. The van der Waals surface area contributed by atoms with E-state index < -0.39 is 0 Å². The van der Waals surface area contributed by atoms with Gasteiger partial charge in [0, 0.05) is 24.5 Å². The van der Waals surface area contributed by atoms with Gasteiger partial charge < -0.3 is 10.6 Å². The Bertz CT molecular complexity index is 399. The highest BCUT2D eigenvalue weighted by Crippen LogP contribution is 2.28. The van der Waals surface area contributed by atoms with Gasteiger partial charge in [0.15, 0.2) is 5.96 Å². The fraction of sp³-hybridized carbons (Fsp3) is 0.615. The minimum atomic E-state index is 0.841. The van der Waals surface area contributed by atoms with Crippen molar-refractivity contribution in [1.82, 2.24) is 10.6 Å². The van der Waals surface area contributed by atoms with Gasteiger partial charge in [-0.15, -0.1) is 11.3 Å². The Morgan fingerprint density at radius 3 is 2.89 bits per heavy atom. The van der Waals surface area contributed by atoms with Gasteiger partial charge in [0.25, 0.3) is 0 Å². The van der Waals surface area contributed by atoms with Gasteiger partial charge >= 0.3 is 0 Å². The summed E-state index contributed by atoms with van der Waals surface area (Å²) < 4.78 is 1.20. The summed E-state index contributed by atoms with van der Waals surface area (Å²) in [6, 6.07) is 4.27. The Kier molecular flexibility index (Phi) is 5.50. The quantitative estimate of drug-likeness (QED) is 0.621. The molecule has 1 aromatic heterocycles. The third-order valence-corrected chi connectivity index (χ3v) is 4.52. The van der Waals surface area contributed by atoms with Crippen molar-refractivity contribution >= 4 is 33.2 Å². The van der Waals surface area contributed by atoms with Gasteiger partial charge in [-0.05, 0) is 60.2 Å². The molecule has 1 heterocycles. The molecule has 1 saturated carbocycles. The number of halogens is 1. The molecular weight excluding hydrogens is 310 g/mol. The first-order valence-corrected chi connectivity index (χ1v) is 8.15. The van der Waals surface area contributed by atoms with Crippen LogP contribution in [0.4, 0.5) is 0 Å². The van der Waals surface area contributed by atoms with Crippen molar-refractivity contribution in [3.63, 3.8) is 0 Å². The summed E-state index contributed by atoms with van der Waals surface area (Å²) in [6.45, 7) is 4.93. The lowest BCUT2D eigenvalue weighted by Crippen LogP contribution is -2.38. The molecule has 2 rings (SSSR count). The van der Waals surface area contributed by atoms with Crippen LogP contribution in [0.3, 0.4) is 0 Å². The van der Waals surface area contributed by atoms with E-state index in [4.69, 9.17) is 0 Å². The van der Waals surface area contributed by atoms with Gasteiger partial charge in [-0.1, -0.05) is 0 Å². The number of guanidine groups is 1. The summed E-state index contributed by atoms with van der Waals surface area (Å²) in [6.07, 6.45) is 3.75. The number of thiophene rings is 1. The fourth-order valence-electron chi connectivity index (χ4n) is 1.65. The molecule has 1 fully saturated rings. The lowest BCUT2D eigenvalue weighted by atomic mass is 10.3. The summed E-state index contributed by atoms with van der Waals surface area (Å²) in [5.74, 6) is 1.80. The van der Waals surface area contributed by atoms with Crippen LogP contribution in [0, 0.1) is 5.92 Å². The van der Waals surface area contributed by atoms with E-state index in [9.17, 15) is 0 Å². The second-order valence-corrected chi connectivity index (χ2v) is 7.09. The summed E-state index contributed by atoms with van der Waals surface area (Å²) in [4.78, 5) is 6.00. The van der Waals surface area contributed by atoms with Crippen molar-refractivity contribution in [2.45, 2.75) is 26.2 Å². The Morgan fingerprint density at radius 2 is 2.28 bits per heavy atom. The first kappa shape index (κ1) is 13.9. The number of hydrogen-bond acceptors (Lipinski definition) is 2. The Balaban J connectivity index is 1.72. The molecule has 0 amide bonds. The molecule has 100 valence electrons. The topological polar surface area (TPSA) is 36.4 Å². The smallest absolute Gasteiger partial charge is 0.191 e. The summed E-state index contributed by atoms with van der Waals surface area (Å²) >= 11 is 5.29. The molecule has 1 aliphatic rings. The molecule has 0 unspecified atom stereocenters. The first-order chi connectivity index (χ1) is 8.78. The average Bonchev–Trinajstić information content (AvgIpc) is 3.09. The van der Waals surface area contributed by atoms with Crippen LogP contribution in [-0.2, 0) is 6.42 Å². The first-order valence-electron chi connectivity index (χ1n) is 6.54. The molecule has 2 N–H and O–H groups in total. The lowest BCUT2D eigenvalue weighted by molar-refractivity contribution is 0.779. The molecule has 0 aromatic carbocycles. The van der Waals surface area contributed by atoms with Crippen LogP contribution in [0.15, 0.2) is 20.9 Å². The molecule has 1 aromatic rings. The molecule has 5 heteroatoms. The van der Waals surface area contributed by atoms with Gasteiger partial charge in [0.2, 0.25) is 0 Å². The van der Waals surface area contributed by atoms with Gasteiger partial charge in [0.05, 0.1) is 3.79 Å². The molecule has 0 spiro atoms.